The van der Waals surface area contributed by atoms with Gasteiger partial charge in [-0.1, -0.05) is 6.92 Å². The average molecular weight is 145 g/mol. The molecule has 0 aliphatic rings. The molecule has 0 N–H and O–H groups in total. The van der Waals surface area contributed by atoms with Crippen LogP contribution in [0, 0.1) is 6.42 Å². The van der Waals surface area contributed by atoms with E-state index in [0.29, 0.717) is 6.42 Å². The molecule has 0 amide bonds. The molecule has 1 radical (unpaired) electrons. The van der Waals surface area contributed by atoms with Gasteiger partial charge in [-0.05, 0) is 13.3 Å². The molecule has 0 aromatic heterocycles. The van der Waals surface area contributed by atoms with Crippen molar-refractivity contribution in [3.63, 3.8) is 0 Å². The maximum atomic E-state index is 10.7. The lowest BCUT2D eigenvalue weighted by atomic mass is 10.3. The molecular weight excluding hydrogens is 132 g/mol. The Morgan fingerprint density at radius 1 is 1.70 bits per heavy atom. The fraction of sp³-hybridized carbons (Fsp3) is 0.714. The Hall–Kier alpha value is -0.570. The molecule has 0 heterocycles. The third kappa shape index (κ3) is 4.32. The Morgan fingerprint density at radius 2 is 2.30 bits per heavy atom. The minimum Gasteiger partial charge on any atom is -0.436 e. The molecule has 1 atom stereocenters. The lowest BCUT2D eigenvalue weighted by Crippen LogP contribution is -2.16. The van der Waals surface area contributed by atoms with E-state index in [1.165, 1.54) is 13.5 Å². The zero-order chi connectivity index (χ0) is 7.98. The SMILES string of the molecule is CC[CH]C(=O)OC(C)OC. The van der Waals surface area contributed by atoms with E-state index >= 15 is 0 Å². The predicted octanol–water partition coefficient (Wildman–Crippen LogP) is 1.14. The lowest BCUT2D eigenvalue weighted by molar-refractivity contribution is -0.165. The summed E-state index contributed by atoms with van der Waals surface area (Å²) in [6.07, 6.45) is 1.71. The van der Waals surface area contributed by atoms with E-state index in [1.54, 1.807) is 6.92 Å². The fourth-order valence-corrected chi connectivity index (χ4v) is 0.426. The summed E-state index contributed by atoms with van der Waals surface area (Å²) in [5, 5.41) is 0. The second-order valence-electron chi connectivity index (χ2n) is 1.85. The van der Waals surface area contributed by atoms with Crippen molar-refractivity contribution in [3.8, 4) is 0 Å². The number of esters is 1. The fourth-order valence-electron chi connectivity index (χ4n) is 0.426. The zero-order valence-electron chi connectivity index (χ0n) is 6.59. The molecule has 59 valence electrons. The quantitative estimate of drug-likeness (QED) is 0.439. The van der Waals surface area contributed by atoms with Crippen LogP contribution in [0.15, 0.2) is 0 Å². The summed E-state index contributed by atoms with van der Waals surface area (Å²) in [5.74, 6) is -0.322. The van der Waals surface area contributed by atoms with Crippen molar-refractivity contribution in [3.05, 3.63) is 6.42 Å². The normalized spacial score (nSPS) is 12.7. The average Bonchev–Trinajstić information content (AvgIpc) is 1.88. The van der Waals surface area contributed by atoms with E-state index in [1.807, 2.05) is 6.92 Å². The van der Waals surface area contributed by atoms with Crippen LogP contribution in [0.25, 0.3) is 0 Å². The van der Waals surface area contributed by atoms with Crippen LogP contribution in [-0.2, 0) is 14.3 Å². The third-order valence-corrected chi connectivity index (χ3v) is 0.985. The Balaban J connectivity index is 3.37. The van der Waals surface area contributed by atoms with Gasteiger partial charge >= 0.3 is 5.97 Å². The number of hydrogen-bond donors (Lipinski definition) is 0. The Kier molecular flexibility index (Phi) is 4.94. The molecule has 0 aromatic rings. The highest BCUT2D eigenvalue weighted by Crippen LogP contribution is 1.95. The minimum absolute atomic E-state index is 0.322. The summed E-state index contributed by atoms with van der Waals surface area (Å²) >= 11 is 0. The molecular formula is C7H13O3. The van der Waals surface area contributed by atoms with E-state index in [0.717, 1.165) is 0 Å². The molecule has 1 unspecified atom stereocenters. The van der Waals surface area contributed by atoms with Gasteiger partial charge in [-0.3, -0.25) is 4.79 Å². The van der Waals surface area contributed by atoms with Crippen LogP contribution >= 0.6 is 0 Å². The number of methoxy groups -OCH3 is 1. The summed E-state index contributed by atoms with van der Waals surface area (Å²) in [6.45, 7) is 3.54. The summed E-state index contributed by atoms with van der Waals surface area (Å²) < 4.78 is 9.43. The molecule has 10 heavy (non-hydrogen) atoms. The van der Waals surface area contributed by atoms with Crippen molar-refractivity contribution in [2.24, 2.45) is 0 Å². The van der Waals surface area contributed by atoms with Crippen LogP contribution in [0.3, 0.4) is 0 Å². The molecule has 0 bridgehead atoms. The highest BCUT2D eigenvalue weighted by molar-refractivity contribution is 5.78. The van der Waals surface area contributed by atoms with Gasteiger partial charge in [0.1, 0.15) is 0 Å². The van der Waals surface area contributed by atoms with Crippen molar-refractivity contribution >= 4 is 5.97 Å². The molecule has 3 heteroatoms. The first-order chi connectivity index (χ1) is 4.70. The Labute approximate surface area is 61.3 Å². The molecule has 0 spiro atoms. The van der Waals surface area contributed by atoms with Gasteiger partial charge in [0, 0.05) is 7.11 Å². The van der Waals surface area contributed by atoms with Crippen LogP contribution < -0.4 is 0 Å². The maximum absolute atomic E-state index is 10.7. The van der Waals surface area contributed by atoms with Gasteiger partial charge in [-0.15, -0.1) is 0 Å². The van der Waals surface area contributed by atoms with Gasteiger partial charge in [0.2, 0.25) is 0 Å². The second-order valence-corrected chi connectivity index (χ2v) is 1.85. The molecule has 0 saturated carbocycles. The molecule has 0 rings (SSSR count). The van der Waals surface area contributed by atoms with Gasteiger partial charge in [0.05, 0.1) is 6.42 Å². The maximum Gasteiger partial charge on any atom is 0.312 e. The van der Waals surface area contributed by atoms with E-state index < -0.39 is 6.29 Å². The first-order valence-electron chi connectivity index (χ1n) is 3.27. The first-order valence-corrected chi connectivity index (χ1v) is 3.27. The van der Waals surface area contributed by atoms with Crippen molar-refractivity contribution in [1.29, 1.82) is 0 Å². The lowest BCUT2D eigenvalue weighted by Gasteiger charge is -2.09. The summed E-state index contributed by atoms with van der Waals surface area (Å²) in [7, 11) is 1.49. The van der Waals surface area contributed by atoms with Crippen molar-refractivity contribution in [2.45, 2.75) is 26.6 Å². The van der Waals surface area contributed by atoms with Crippen LogP contribution in [0.2, 0.25) is 0 Å². The Bertz CT molecular complexity index is 101. The number of carbonyl (C=O) groups is 1. The van der Waals surface area contributed by atoms with Gasteiger partial charge < -0.3 is 9.47 Å². The topological polar surface area (TPSA) is 35.5 Å². The Morgan fingerprint density at radius 3 is 2.70 bits per heavy atom. The van der Waals surface area contributed by atoms with Crippen LogP contribution in [0.5, 0.6) is 0 Å². The molecule has 0 saturated heterocycles. The smallest absolute Gasteiger partial charge is 0.312 e. The summed E-state index contributed by atoms with van der Waals surface area (Å²) in [5.41, 5.74) is 0. The van der Waals surface area contributed by atoms with Crippen LogP contribution in [0.4, 0.5) is 0 Å². The van der Waals surface area contributed by atoms with Gasteiger partial charge in [-0.2, -0.15) is 0 Å². The number of hydrogen-bond acceptors (Lipinski definition) is 3. The largest absolute Gasteiger partial charge is 0.436 e. The first kappa shape index (κ1) is 9.43. The van der Waals surface area contributed by atoms with E-state index in [2.05, 4.69) is 0 Å². The highest BCUT2D eigenvalue weighted by atomic mass is 16.7. The highest BCUT2D eigenvalue weighted by Gasteiger charge is 2.05. The zero-order valence-corrected chi connectivity index (χ0v) is 6.59. The molecule has 0 fully saturated rings. The van der Waals surface area contributed by atoms with E-state index in [4.69, 9.17) is 9.47 Å². The van der Waals surface area contributed by atoms with E-state index in [-0.39, 0.29) is 5.97 Å². The van der Waals surface area contributed by atoms with Crippen LogP contribution in [-0.4, -0.2) is 19.4 Å². The van der Waals surface area contributed by atoms with Gasteiger partial charge in [0.25, 0.3) is 0 Å². The second kappa shape index (κ2) is 5.23. The number of rotatable bonds is 4. The van der Waals surface area contributed by atoms with Crippen LogP contribution in [0.1, 0.15) is 20.3 Å². The minimum atomic E-state index is -0.449. The summed E-state index contributed by atoms with van der Waals surface area (Å²) in [6, 6.07) is 0. The monoisotopic (exact) mass is 145 g/mol. The molecule has 0 aliphatic carbocycles. The van der Waals surface area contributed by atoms with Crippen molar-refractivity contribution in [2.75, 3.05) is 7.11 Å². The number of ether oxygens (including phenoxy) is 2. The molecule has 0 aromatic carbocycles. The van der Waals surface area contributed by atoms with Gasteiger partial charge in [0.15, 0.2) is 6.29 Å². The van der Waals surface area contributed by atoms with Crippen molar-refractivity contribution < 1.29 is 14.3 Å². The third-order valence-electron chi connectivity index (χ3n) is 0.985. The van der Waals surface area contributed by atoms with E-state index in [9.17, 15) is 4.79 Å². The standard InChI is InChI=1S/C7H13O3/c1-4-5-7(8)10-6(2)9-3/h5-6H,4H2,1-3H3. The molecule has 3 nitrogen and oxygen atoms in total. The number of carbonyl (C=O) groups excluding carboxylic acids is 1. The van der Waals surface area contributed by atoms with Crippen molar-refractivity contribution in [1.82, 2.24) is 0 Å². The molecule has 0 aliphatic heterocycles. The van der Waals surface area contributed by atoms with Gasteiger partial charge in [-0.25, -0.2) is 0 Å². The predicted molar refractivity (Wildman–Crippen MR) is 37.2 cm³/mol. The summed E-state index contributed by atoms with van der Waals surface area (Å²) in [4.78, 5) is 10.7.